The van der Waals surface area contributed by atoms with E-state index in [4.69, 9.17) is 4.74 Å². The maximum atomic E-state index is 12.2. The van der Waals surface area contributed by atoms with Gasteiger partial charge in [0, 0.05) is 13.0 Å². The van der Waals surface area contributed by atoms with Gasteiger partial charge in [-0.05, 0) is 30.5 Å². The minimum absolute atomic E-state index is 0.0445. The molecule has 0 heterocycles. The normalized spacial score (nSPS) is 12.3. The Balaban J connectivity index is 2.64. The lowest BCUT2D eigenvalue weighted by molar-refractivity contribution is -0.135. The van der Waals surface area contributed by atoms with Crippen LogP contribution in [0.3, 0.4) is 0 Å². The van der Waals surface area contributed by atoms with Crippen molar-refractivity contribution in [3.05, 3.63) is 29.8 Å². The van der Waals surface area contributed by atoms with E-state index in [1.807, 2.05) is 26.0 Å². The SMILES string of the molecule is CCC(CC)C(=O)N(C)CC(O)c1ccc(OC)cc1. The molecule has 0 radical (unpaired) electrons. The van der Waals surface area contributed by atoms with E-state index >= 15 is 0 Å². The molecule has 0 bridgehead atoms. The average Bonchev–Trinajstić information content (AvgIpc) is 2.48. The van der Waals surface area contributed by atoms with Gasteiger partial charge in [0.1, 0.15) is 5.75 Å². The molecular weight excluding hydrogens is 254 g/mol. The number of carbonyl (C=O) groups is 1. The first kappa shape index (κ1) is 16.5. The fourth-order valence-corrected chi connectivity index (χ4v) is 2.23. The molecule has 4 heteroatoms. The zero-order chi connectivity index (χ0) is 15.1. The largest absolute Gasteiger partial charge is 0.497 e. The predicted octanol–water partition coefficient (Wildman–Crippen LogP) is 2.62. The fourth-order valence-electron chi connectivity index (χ4n) is 2.23. The number of methoxy groups -OCH3 is 1. The summed E-state index contributed by atoms with van der Waals surface area (Å²) in [6, 6.07) is 7.25. The summed E-state index contributed by atoms with van der Waals surface area (Å²) in [7, 11) is 3.35. The van der Waals surface area contributed by atoms with Crippen LogP contribution in [0.5, 0.6) is 5.75 Å². The summed E-state index contributed by atoms with van der Waals surface area (Å²) < 4.78 is 5.08. The molecule has 0 aliphatic carbocycles. The zero-order valence-electron chi connectivity index (χ0n) is 12.8. The monoisotopic (exact) mass is 279 g/mol. The van der Waals surface area contributed by atoms with Crippen LogP contribution >= 0.6 is 0 Å². The van der Waals surface area contributed by atoms with Crippen LogP contribution in [0, 0.1) is 5.92 Å². The first-order valence-corrected chi connectivity index (χ1v) is 7.10. The summed E-state index contributed by atoms with van der Waals surface area (Å²) in [4.78, 5) is 13.8. The van der Waals surface area contributed by atoms with Gasteiger partial charge < -0.3 is 14.7 Å². The Hall–Kier alpha value is -1.55. The van der Waals surface area contributed by atoms with Crippen molar-refractivity contribution >= 4 is 5.91 Å². The van der Waals surface area contributed by atoms with E-state index < -0.39 is 6.10 Å². The van der Waals surface area contributed by atoms with Crippen molar-refractivity contribution in [2.45, 2.75) is 32.8 Å². The van der Waals surface area contributed by atoms with Crippen LogP contribution in [0.1, 0.15) is 38.4 Å². The van der Waals surface area contributed by atoms with Crippen molar-refractivity contribution < 1.29 is 14.6 Å². The van der Waals surface area contributed by atoms with Crippen LogP contribution in [0.2, 0.25) is 0 Å². The van der Waals surface area contributed by atoms with E-state index in [0.717, 1.165) is 24.2 Å². The molecule has 1 aromatic rings. The van der Waals surface area contributed by atoms with Gasteiger partial charge in [-0.1, -0.05) is 26.0 Å². The van der Waals surface area contributed by atoms with Crippen molar-refractivity contribution in [1.29, 1.82) is 0 Å². The number of amides is 1. The third kappa shape index (κ3) is 4.23. The molecule has 1 amide bonds. The minimum atomic E-state index is -0.677. The molecule has 0 fully saturated rings. The summed E-state index contributed by atoms with van der Waals surface area (Å²) >= 11 is 0. The quantitative estimate of drug-likeness (QED) is 0.834. The maximum Gasteiger partial charge on any atom is 0.225 e. The molecule has 1 unspecified atom stereocenters. The van der Waals surface area contributed by atoms with Gasteiger partial charge in [0.05, 0.1) is 19.8 Å². The van der Waals surface area contributed by atoms with Crippen molar-refractivity contribution in [2.75, 3.05) is 20.7 Å². The molecule has 4 nitrogen and oxygen atoms in total. The first-order valence-electron chi connectivity index (χ1n) is 7.10. The van der Waals surface area contributed by atoms with E-state index in [9.17, 15) is 9.90 Å². The molecule has 0 aromatic heterocycles. The topological polar surface area (TPSA) is 49.8 Å². The Morgan fingerprint density at radius 2 is 1.80 bits per heavy atom. The second kappa shape index (κ2) is 7.90. The summed E-state index contributed by atoms with van der Waals surface area (Å²) in [6.07, 6.45) is 0.987. The van der Waals surface area contributed by atoms with Crippen LogP contribution in [-0.2, 0) is 4.79 Å². The number of ether oxygens (including phenoxy) is 1. The Labute approximate surface area is 121 Å². The van der Waals surface area contributed by atoms with Gasteiger partial charge in [0.15, 0.2) is 0 Å². The standard InChI is InChI=1S/C16H25NO3/c1-5-12(6-2)16(19)17(3)11-15(18)13-7-9-14(20-4)10-8-13/h7-10,12,15,18H,5-6,11H2,1-4H3. The van der Waals surface area contributed by atoms with Crippen LogP contribution in [0.25, 0.3) is 0 Å². The highest BCUT2D eigenvalue weighted by Gasteiger charge is 2.21. The van der Waals surface area contributed by atoms with Crippen LogP contribution in [0.15, 0.2) is 24.3 Å². The number of nitrogens with zero attached hydrogens (tertiary/aromatic N) is 1. The van der Waals surface area contributed by atoms with Crippen molar-refractivity contribution in [1.82, 2.24) is 4.90 Å². The number of aliphatic hydroxyl groups is 1. The Morgan fingerprint density at radius 3 is 2.25 bits per heavy atom. The Kier molecular flexibility index (Phi) is 6.52. The molecule has 1 N–H and O–H groups in total. The number of carbonyl (C=O) groups excluding carboxylic acids is 1. The number of aliphatic hydroxyl groups excluding tert-OH is 1. The molecule has 0 spiro atoms. The van der Waals surface area contributed by atoms with E-state index in [2.05, 4.69) is 0 Å². The van der Waals surface area contributed by atoms with Crippen molar-refractivity contribution in [3.63, 3.8) is 0 Å². The molecule has 1 rings (SSSR count). The lowest BCUT2D eigenvalue weighted by Crippen LogP contribution is -2.35. The molecule has 1 aromatic carbocycles. The molecule has 0 aliphatic heterocycles. The van der Waals surface area contributed by atoms with E-state index in [-0.39, 0.29) is 11.8 Å². The molecule has 0 aliphatic rings. The second-order valence-electron chi connectivity index (χ2n) is 5.02. The highest BCUT2D eigenvalue weighted by Crippen LogP contribution is 2.19. The lowest BCUT2D eigenvalue weighted by Gasteiger charge is -2.25. The van der Waals surface area contributed by atoms with Gasteiger partial charge in [-0.15, -0.1) is 0 Å². The van der Waals surface area contributed by atoms with E-state index in [0.29, 0.717) is 6.54 Å². The molecule has 112 valence electrons. The van der Waals surface area contributed by atoms with Gasteiger partial charge in [-0.2, -0.15) is 0 Å². The number of hydrogen-bond donors (Lipinski definition) is 1. The number of hydrogen-bond acceptors (Lipinski definition) is 3. The summed E-state index contributed by atoms with van der Waals surface area (Å²) in [5, 5.41) is 10.2. The highest BCUT2D eigenvalue weighted by molar-refractivity contribution is 5.78. The molecule has 0 saturated carbocycles. The Morgan fingerprint density at radius 1 is 1.25 bits per heavy atom. The first-order chi connectivity index (χ1) is 9.53. The van der Waals surface area contributed by atoms with Gasteiger partial charge in [-0.3, -0.25) is 4.79 Å². The summed E-state index contributed by atoms with van der Waals surface area (Å²) in [5.74, 6) is 0.896. The van der Waals surface area contributed by atoms with Gasteiger partial charge in [0.25, 0.3) is 0 Å². The van der Waals surface area contributed by atoms with Gasteiger partial charge in [0.2, 0.25) is 5.91 Å². The molecule has 20 heavy (non-hydrogen) atoms. The third-order valence-electron chi connectivity index (χ3n) is 3.66. The lowest BCUT2D eigenvalue weighted by atomic mass is 10.0. The van der Waals surface area contributed by atoms with Crippen LogP contribution in [-0.4, -0.2) is 36.6 Å². The average molecular weight is 279 g/mol. The van der Waals surface area contributed by atoms with Crippen molar-refractivity contribution in [3.8, 4) is 5.75 Å². The number of benzene rings is 1. The minimum Gasteiger partial charge on any atom is -0.497 e. The Bertz CT molecular complexity index is 412. The zero-order valence-corrected chi connectivity index (χ0v) is 12.8. The molecule has 1 atom stereocenters. The van der Waals surface area contributed by atoms with Crippen LogP contribution < -0.4 is 4.74 Å². The number of likely N-dealkylation sites (N-methyl/N-ethyl adjacent to an activating group) is 1. The number of rotatable bonds is 7. The summed E-state index contributed by atoms with van der Waals surface area (Å²) in [6.45, 7) is 4.33. The fraction of sp³-hybridized carbons (Fsp3) is 0.562. The van der Waals surface area contributed by atoms with Crippen molar-refractivity contribution in [2.24, 2.45) is 5.92 Å². The van der Waals surface area contributed by atoms with E-state index in [1.165, 1.54) is 0 Å². The highest BCUT2D eigenvalue weighted by atomic mass is 16.5. The summed E-state index contributed by atoms with van der Waals surface area (Å²) in [5.41, 5.74) is 0.787. The molecule has 0 saturated heterocycles. The third-order valence-corrected chi connectivity index (χ3v) is 3.66. The smallest absolute Gasteiger partial charge is 0.225 e. The van der Waals surface area contributed by atoms with Crippen LogP contribution in [0.4, 0.5) is 0 Å². The van der Waals surface area contributed by atoms with Gasteiger partial charge in [-0.25, -0.2) is 0 Å². The second-order valence-corrected chi connectivity index (χ2v) is 5.02. The van der Waals surface area contributed by atoms with Gasteiger partial charge >= 0.3 is 0 Å². The predicted molar refractivity (Wildman–Crippen MR) is 79.7 cm³/mol. The van der Waals surface area contributed by atoms with E-state index in [1.54, 1.807) is 31.2 Å². The molecular formula is C16H25NO3. The maximum absolute atomic E-state index is 12.2.